The Morgan fingerprint density at radius 3 is 2.94 bits per heavy atom. The van der Waals surface area contributed by atoms with Crippen molar-refractivity contribution in [3.63, 3.8) is 0 Å². The number of nitrogens with zero attached hydrogens (tertiary/aromatic N) is 4. The number of halogens is 2. The number of carbonyl (C=O) groups excluding carboxylic acids is 1. The van der Waals surface area contributed by atoms with Gasteiger partial charge in [-0.05, 0) is 50.7 Å². The molecule has 1 amide bonds. The van der Waals surface area contributed by atoms with Gasteiger partial charge in [-0.1, -0.05) is 11.6 Å². The van der Waals surface area contributed by atoms with E-state index >= 15 is 0 Å². The predicted molar refractivity (Wildman–Crippen MR) is 113 cm³/mol. The van der Waals surface area contributed by atoms with Gasteiger partial charge in [0.15, 0.2) is 5.82 Å². The molecule has 0 unspecified atom stereocenters. The quantitative estimate of drug-likeness (QED) is 0.661. The van der Waals surface area contributed by atoms with E-state index in [2.05, 4.69) is 20.0 Å². The lowest BCUT2D eigenvalue weighted by molar-refractivity contribution is 0.0926. The fourth-order valence-electron chi connectivity index (χ4n) is 4.63. The van der Waals surface area contributed by atoms with Crippen LogP contribution in [-0.4, -0.2) is 32.3 Å². The number of nitrogens with one attached hydrogen (secondary N) is 1. The molecular weight excluding hydrogens is 421 g/mol. The van der Waals surface area contributed by atoms with Gasteiger partial charge in [-0.15, -0.1) is 0 Å². The zero-order chi connectivity index (χ0) is 21.5. The summed E-state index contributed by atoms with van der Waals surface area (Å²) in [5, 5.41) is 7.72. The standard InChI is InChI=1S/C22H23ClFN5O2/c1-31-18-9-8-14(24)21(19(18)23)29-16-7-4-5-15(13(16)11-26-29)27-22(30)20-17-6-2-3-10-28(17)12-25-20/h8-9,11-12,15H,2-7,10H2,1H3,(H,27,30)/t15-/m1/s1. The van der Waals surface area contributed by atoms with Crippen LogP contribution < -0.4 is 10.1 Å². The van der Waals surface area contributed by atoms with Crippen LogP contribution in [0.1, 0.15) is 59.2 Å². The van der Waals surface area contributed by atoms with Crippen molar-refractivity contribution in [3.05, 3.63) is 58.1 Å². The summed E-state index contributed by atoms with van der Waals surface area (Å²) in [6, 6.07) is 2.60. The first-order valence-corrected chi connectivity index (χ1v) is 10.9. The van der Waals surface area contributed by atoms with Crippen molar-refractivity contribution in [2.45, 2.75) is 51.1 Å². The van der Waals surface area contributed by atoms with Gasteiger partial charge < -0.3 is 14.6 Å². The van der Waals surface area contributed by atoms with Gasteiger partial charge in [0.05, 0.1) is 31.4 Å². The summed E-state index contributed by atoms with van der Waals surface area (Å²) in [5.74, 6) is -0.271. The molecule has 2 aliphatic rings. The number of ether oxygens (including phenoxy) is 1. The third-order valence-electron chi connectivity index (χ3n) is 6.18. The Morgan fingerprint density at radius 1 is 1.26 bits per heavy atom. The van der Waals surface area contributed by atoms with Crippen LogP contribution in [0.15, 0.2) is 24.7 Å². The van der Waals surface area contributed by atoms with Crippen LogP contribution in [0.4, 0.5) is 4.39 Å². The molecule has 162 valence electrons. The second kappa shape index (κ2) is 8.00. The molecule has 0 fully saturated rings. The minimum Gasteiger partial charge on any atom is -0.495 e. The highest BCUT2D eigenvalue weighted by Crippen LogP contribution is 2.37. The summed E-state index contributed by atoms with van der Waals surface area (Å²) in [5.41, 5.74) is 3.39. The molecule has 1 N–H and O–H groups in total. The summed E-state index contributed by atoms with van der Waals surface area (Å²) in [7, 11) is 1.49. The van der Waals surface area contributed by atoms with E-state index < -0.39 is 5.82 Å². The molecule has 1 aliphatic carbocycles. The van der Waals surface area contributed by atoms with E-state index in [0.29, 0.717) is 17.9 Å². The van der Waals surface area contributed by atoms with Crippen LogP contribution in [-0.2, 0) is 19.4 Å². The SMILES string of the molecule is COc1ccc(F)c(-n2ncc3c2CCC[C@H]3NC(=O)c2ncn3c2CCCC3)c1Cl. The number of methoxy groups -OCH3 is 1. The van der Waals surface area contributed by atoms with Gasteiger partial charge in [0.1, 0.15) is 22.2 Å². The summed E-state index contributed by atoms with van der Waals surface area (Å²) >= 11 is 6.40. The van der Waals surface area contributed by atoms with E-state index in [1.165, 1.54) is 23.9 Å². The fraction of sp³-hybridized carbons (Fsp3) is 0.409. The molecule has 3 heterocycles. The Bertz CT molecular complexity index is 1160. The number of benzene rings is 1. The van der Waals surface area contributed by atoms with Gasteiger partial charge >= 0.3 is 0 Å². The van der Waals surface area contributed by atoms with Crippen molar-refractivity contribution in [1.29, 1.82) is 0 Å². The number of aromatic nitrogens is 4. The molecule has 2 aromatic heterocycles. The number of amides is 1. The van der Waals surface area contributed by atoms with Crippen molar-refractivity contribution in [2.75, 3.05) is 7.11 Å². The third-order valence-corrected chi connectivity index (χ3v) is 6.54. The minimum absolute atomic E-state index is 0.164. The molecule has 7 nitrogen and oxygen atoms in total. The van der Waals surface area contributed by atoms with Crippen molar-refractivity contribution < 1.29 is 13.9 Å². The first-order valence-electron chi connectivity index (χ1n) is 10.5. The molecular formula is C22H23ClFN5O2. The summed E-state index contributed by atoms with van der Waals surface area (Å²) in [6.45, 7) is 0.906. The highest BCUT2D eigenvalue weighted by molar-refractivity contribution is 6.33. The van der Waals surface area contributed by atoms with E-state index in [0.717, 1.165) is 55.6 Å². The number of hydrogen-bond donors (Lipinski definition) is 1. The molecule has 1 atom stereocenters. The second-order valence-electron chi connectivity index (χ2n) is 7.98. The average molecular weight is 444 g/mol. The number of rotatable bonds is 4. The Hall–Kier alpha value is -2.87. The lowest BCUT2D eigenvalue weighted by Gasteiger charge is -2.24. The Kier molecular flexibility index (Phi) is 5.17. The average Bonchev–Trinajstić information content (AvgIpc) is 3.39. The van der Waals surface area contributed by atoms with Crippen molar-refractivity contribution in [3.8, 4) is 11.4 Å². The lowest BCUT2D eigenvalue weighted by atomic mass is 9.92. The molecule has 5 rings (SSSR count). The topological polar surface area (TPSA) is 74.0 Å². The minimum atomic E-state index is -0.479. The fourth-order valence-corrected chi connectivity index (χ4v) is 4.94. The largest absolute Gasteiger partial charge is 0.495 e. The van der Waals surface area contributed by atoms with Crippen LogP contribution >= 0.6 is 11.6 Å². The van der Waals surface area contributed by atoms with Crippen molar-refractivity contribution >= 4 is 17.5 Å². The van der Waals surface area contributed by atoms with E-state index in [-0.39, 0.29) is 22.7 Å². The van der Waals surface area contributed by atoms with E-state index in [4.69, 9.17) is 16.3 Å². The maximum Gasteiger partial charge on any atom is 0.272 e. The number of imidazole rings is 1. The van der Waals surface area contributed by atoms with Crippen LogP contribution in [0.25, 0.3) is 5.69 Å². The van der Waals surface area contributed by atoms with Gasteiger partial charge in [-0.3, -0.25) is 4.79 Å². The van der Waals surface area contributed by atoms with E-state index in [1.54, 1.807) is 12.5 Å². The molecule has 1 aromatic carbocycles. The number of aryl methyl sites for hydroxylation is 1. The molecule has 31 heavy (non-hydrogen) atoms. The molecule has 3 aromatic rings. The van der Waals surface area contributed by atoms with Crippen LogP contribution in [0.3, 0.4) is 0 Å². The first-order chi connectivity index (χ1) is 15.1. The zero-order valence-electron chi connectivity index (χ0n) is 17.2. The molecule has 0 saturated carbocycles. The van der Waals surface area contributed by atoms with Gasteiger partial charge in [0, 0.05) is 17.8 Å². The monoisotopic (exact) mass is 443 g/mol. The van der Waals surface area contributed by atoms with Crippen LogP contribution in [0.2, 0.25) is 5.02 Å². The van der Waals surface area contributed by atoms with Gasteiger partial charge in [0.2, 0.25) is 0 Å². The summed E-state index contributed by atoms with van der Waals surface area (Å²) < 4.78 is 23.5. The van der Waals surface area contributed by atoms with Gasteiger partial charge in [-0.2, -0.15) is 5.10 Å². The van der Waals surface area contributed by atoms with E-state index in [9.17, 15) is 9.18 Å². The smallest absolute Gasteiger partial charge is 0.272 e. The highest BCUT2D eigenvalue weighted by Gasteiger charge is 2.30. The zero-order valence-corrected chi connectivity index (χ0v) is 18.0. The predicted octanol–water partition coefficient (Wildman–Crippen LogP) is 4.01. The van der Waals surface area contributed by atoms with Crippen molar-refractivity contribution in [2.24, 2.45) is 0 Å². The molecule has 0 bridgehead atoms. The van der Waals surface area contributed by atoms with Gasteiger partial charge in [0.25, 0.3) is 5.91 Å². The highest BCUT2D eigenvalue weighted by atomic mass is 35.5. The Morgan fingerprint density at radius 2 is 2.10 bits per heavy atom. The molecule has 0 saturated heterocycles. The normalized spacial score (nSPS) is 17.7. The molecule has 0 radical (unpaired) electrons. The number of fused-ring (bicyclic) bond motifs is 2. The maximum absolute atomic E-state index is 14.7. The number of carbonyl (C=O) groups is 1. The molecule has 9 heteroatoms. The lowest BCUT2D eigenvalue weighted by Crippen LogP contribution is -2.32. The molecule has 1 aliphatic heterocycles. The van der Waals surface area contributed by atoms with E-state index in [1.807, 2.05) is 0 Å². The Labute approximate surface area is 184 Å². The Balaban J connectivity index is 1.46. The first kappa shape index (κ1) is 20.1. The second-order valence-corrected chi connectivity index (χ2v) is 8.36. The van der Waals surface area contributed by atoms with Crippen LogP contribution in [0, 0.1) is 5.82 Å². The van der Waals surface area contributed by atoms with Crippen LogP contribution in [0.5, 0.6) is 5.75 Å². The maximum atomic E-state index is 14.7. The number of hydrogen-bond acceptors (Lipinski definition) is 4. The summed E-state index contributed by atoms with van der Waals surface area (Å²) in [4.78, 5) is 17.4. The third kappa shape index (κ3) is 3.39. The molecule has 0 spiro atoms. The summed E-state index contributed by atoms with van der Waals surface area (Å²) in [6.07, 6.45) is 8.83. The van der Waals surface area contributed by atoms with Crippen molar-refractivity contribution in [1.82, 2.24) is 24.6 Å². The van der Waals surface area contributed by atoms with Gasteiger partial charge in [-0.25, -0.2) is 14.1 Å².